The Labute approximate surface area is 90.4 Å². The van der Waals surface area contributed by atoms with Crippen molar-refractivity contribution in [3.63, 3.8) is 0 Å². The second kappa shape index (κ2) is 3.66. The maximum Gasteiger partial charge on any atom is 0.183 e. The van der Waals surface area contributed by atoms with Crippen molar-refractivity contribution in [1.29, 1.82) is 0 Å². The van der Waals surface area contributed by atoms with Gasteiger partial charge in [0.15, 0.2) is 11.6 Å². The van der Waals surface area contributed by atoms with E-state index >= 15 is 0 Å². The summed E-state index contributed by atoms with van der Waals surface area (Å²) in [5.41, 5.74) is 1.16. The van der Waals surface area contributed by atoms with Gasteiger partial charge in [0, 0.05) is 17.8 Å². The molecule has 1 aromatic carbocycles. The highest BCUT2D eigenvalue weighted by Gasteiger charge is 2.14. The van der Waals surface area contributed by atoms with E-state index in [0.29, 0.717) is 17.5 Å². The van der Waals surface area contributed by atoms with Gasteiger partial charge in [0.2, 0.25) is 0 Å². The standard InChI is InChI=1S/C11H9F3N2/c1-6-7(2)16(5-15-6)10-4-8(12)3-9(13)11(10)14/h3-5H,1-2H3. The Morgan fingerprint density at radius 1 is 1.12 bits per heavy atom. The lowest BCUT2D eigenvalue weighted by atomic mass is 10.2. The van der Waals surface area contributed by atoms with Gasteiger partial charge in [0.05, 0.1) is 17.7 Å². The summed E-state index contributed by atoms with van der Waals surface area (Å²) in [4.78, 5) is 3.94. The molecule has 0 aliphatic rings. The Morgan fingerprint density at radius 3 is 2.38 bits per heavy atom. The van der Waals surface area contributed by atoms with Gasteiger partial charge in [-0.25, -0.2) is 18.2 Å². The van der Waals surface area contributed by atoms with E-state index in [1.807, 2.05) is 0 Å². The number of hydrogen-bond acceptors (Lipinski definition) is 1. The molecule has 5 heteroatoms. The summed E-state index contributed by atoms with van der Waals surface area (Å²) < 4.78 is 40.8. The second-order valence-electron chi connectivity index (χ2n) is 3.51. The average Bonchev–Trinajstić information content (AvgIpc) is 2.54. The van der Waals surface area contributed by atoms with E-state index in [4.69, 9.17) is 0 Å². The monoisotopic (exact) mass is 226 g/mol. The molecular weight excluding hydrogens is 217 g/mol. The minimum atomic E-state index is -1.21. The fraction of sp³-hybridized carbons (Fsp3) is 0.182. The van der Waals surface area contributed by atoms with Gasteiger partial charge in [-0.3, -0.25) is 0 Å². The molecule has 0 unspecified atom stereocenters. The summed E-state index contributed by atoms with van der Waals surface area (Å²) in [5.74, 6) is -3.11. The van der Waals surface area contributed by atoms with E-state index in [1.165, 1.54) is 10.9 Å². The summed E-state index contributed by atoms with van der Waals surface area (Å²) in [6, 6.07) is 1.45. The molecule has 0 N–H and O–H groups in total. The molecule has 84 valence electrons. The molecule has 0 atom stereocenters. The first kappa shape index (κ1) is 10.7. The lowest BCUT2D eigenvalue weighted by Crippen LogP contribution is -2.02. The van der Waals surface area contributed by atoms with Crippen molar-refractivity contribution in [3.05, 3.63) is 47.3 Å². The van der Waals surface area contributed by atoms with Crippen LogP contribution in [-0.4, -0.2) is 9.55 Å². The summed E-state index contributed by atoms with van der Waals surface area (Å²) in [7, 11) is 0. The molecule has 0 aliphatic carbocycles. The number of aromatic nitrogens is 2. The van der Waals surface area contributed by atoms with Gasteiger partial charge in [0.1, 0.15) is 5.82 Å². The second-order valence-corrected chi connectivity index (χ2v) is 3.51. The Hall–Kier alpha value is -1.78. The zero-order chi connectivity index (χ0) is 11.9. The van der Waals surface area contributed by atoms with Crippen LogP contribution in [0.4, 0.5) is 13.2 Å². The molecular formula is C11H9F3N2. The lowest BCUT2D eigenvalue weighted by Gasteiger charge is -2.07. The molecule has 2 aromatic rings. The third kappa shape index (κ3) is 1.58. The van der Waals surface area contributed by atoms with Crippen LogP contribution >= 0.6 is 0 Å². The third-order valence-electron chi connectivity index (χ3n) is 2.49. The number of aryl methyl sites for hydroxylation is 1. The van der Waals surface area contributed by atoms with E-state index in [-0.39, 0.29) is 5.69 Å². The molecule has 0 aliphatic heterocycles. The summed E-state index contributed by atoms with van der Waals surface area (Å²) in [6.07, 6.45) is 1.34. The van der Waals surface area contributed by atoms with Crippen LogP contribution in [0.3, 0.4) is 0 Å². The van der Waals surface area contributed by atoms with E-state index in [1.54, 1.807) is 13.8 Å². The van der Waals surface area contributed by atoms with Crippen molar-refractivity contribution in [1.82, 2.24) is 9.55 Å². The first-order chi connectivity index (χ1) is 7.50. The third-order valence-corrected chi connectivity index (χ3v) is 2.49. The minimum Gasteiger partial charge on any atom is -0.300 e. The van der Waals surface area contributed by atoms with Gasteiger partial charge in [-0.15, -0.1) is 0 Å². The van der Waals surface area contributed by atoms with Crippen molar-refractivity contribution in [2.45, 2.75) is 13.8 Å². The van der Waals surface area contributed by atoms with Crippen LogP contribution < -0.4 is 0 Å². The topological polar surface area (TPSA) is 17.8 Å². The van der Waals surface area contributed by atoms with Gasteiger partial charge < -0.3 is 4.57 Å². The molecule has 0 radical (unpaired) electrons. The van der Waals surface area contributed by atoms with E-state index < -0.39 is 17.5 Å². The van der Waals surface area contributed by atoms with Crippen LogP contribution in [0.2, 0.25) is 0 Å². The van der Waals surface area contributed by atoms with E-state index in [0.717, 1.165) is 6.07 Å². The Bertz CT molecular complexity index is 546. The number of nitrogens with zero attached hydrogens (tertiary/aromatic N) is 2. The Morgan fingerprint density at radius 2 is 1.81 bits per heavy atom. The molecule has 0 bridgehead atoms. The Balaban J connectivity index is 2.69. The zero-order valence-electron chi connectivity index (χ0n) is 8.76. The van der Waals surface area contributed by atoms with Crippen LogP contribution in [0.5, 0.6) is 0 Å². The molecule has 1 aromatic heterocycles. The lowest BCUT2D eigenvalue weighted by molar-refractivity contribution is 0.490. The highest BCUT2D eigenvalue weighted by atomic mass is 19.2. The predicted molar refractivity (Wildman–Crippen MR) is 52.9 cm³/mol. The number of hydrogen-bond donors (Lipinski definition) is 0. The van der Waals surface area contributed by atoms with Crippen LogP contribution in [0.15, 0.2) is 18.5 Å². The van der Waals surface area contributed by atoms with Crippen molar-refractivity contribution >= 4 is 0 Å². The molecule has 1 heterocycles. The van der Waals surface area contributed by atoms with Crippen molar-refractivity contribution < 1.29 is 13.2 Å². The van der Waals surface area contributed by atoms with Gasteiger partial charge in [-0.1, -0.05) is 0 Å². The quantitative estimate of drug-likeness (QED) is 0.683. The van der Waals surface area contributed by atoms with Crippen molar-refractivity contribution in [2.75, 3.05) is 0 Å². The molecule has 0 saturated carbocycles. The van der Waals surface area contributed by atoms with Crippen molar-refractivity contribution in [3.8, 4) is 5.69 Å². The summed E-state index contributed by atoms with van der Waals surface area (Å²) in [5, 5.41) is 0. The highest BCUT2D eigenvalue weighted by Crippen LogP contribution is 2.20. The van der Waals surface area contributed by atoms with Crippen LogP contribution in [0.1, 0.15) is 11.4 Å². The number of halogens is 3. The van der Waals surface area contributed by atoms with E-state index in [9.17, 15) is 13.2 Å². The molecule has 0 spiro atoms. The SMILES string of the molecule is Cc1ncn(-c2cc(F)cc(F)c2F)c1C. The van der Waals surface area contributed by atoms with Gasteiger partial charge in [0.25, 0.3) is 0 Å². The van der Waals surface area contributed by atoms with Gasteiger partial charge >= 0.3 is 0 Å². The zero-order valence-corrected chi connectivity index (χ0v) is 8.76. The van der Waals surface area contributed by atoms with Gasteiger partial charge in [-0.2, -0.15) is 0 Å². The molecule has 2 rings (SSSR count). The molecule has 0 fully saturated rings. The van der Waals surface area contributed by atoms with Crippen molar-refractivity contribution in [2.24, 2.45) is 0 Å². The molecule has 16 heavy (non-hydrogen) atoms. The molecule has 0 saturated heterocycles. The maximum absolute atomic E-state index is 13.5. The van der Waals surface area contributed by atoms with Crippen LogP contribution in [0.25, 0.3) is 5.69 Å². The van der Waals surface area contributed by atoms with Gasteiger partial charge in [-0.05, 0) is 13.8 Å². The largest absolute Gasteiger partial charge is 0.300 e. The minimum absolute atomic E-state index is 0.171. The first-order valence-corrected chi connectivity index (χ1v) is 4.66. The smallest absolute Gasteiger partial charge is 0.183 e. The first-order valence-electron chi connectivity index (χ1n) is 4.66. The van der Waals surface area contributed by atoms with Crippen LogP contribution in [0, 0.1) is 31.3 Å². The fourth-order valence-corrected chi connectivity index (χ4v) is 1.46. The average molecular weight is 226 g/mol. The summed E-state index contributed by atoms with van der Waals surface area (Å²) in [6.45, 7) is 3.43. The molecule has 2 nitrogen and oxygen atoms in total. The Kier molecular flexibility index (Phi) is 2.46. The predicted octanol–water partition coefficient (Wildman–Crippen LogP) is 2.91. The number of imidazole rings is 1. The fourth-order valence-electron chi connectivity index (χ4n) is 1.46. The normalized spacial score (nSPS) is 10.8. The maximum atomic E-state index is 13.5. The summed E-state index contributed by atoms with van der Waals surface area (Å²) >= 11 is 0. The highest BCUT2D eigenvalue weighted by molar-refractivity contribution is 5.37. The molecule has 0 amide bonds. The number of rotatable bonds is 1. The van der Waals surface area contributed by atoms with E-state index in [2.05, 4.69) is 4.98 Å². The van der Waals surface area contributed by atoms with Crippen LogP contribution in [-0.2, 0) is 0 Å². The number of benzene rings is 1.